The van der Waals surface area contributed by atoms with Gasteiger partial charge >= 0.3 is 0 Å². The topological polar surface area (TPSA) is 62.2 Å². The molecule has 2 atom stereocenters. The second-order valence-corrected chi connectivity index (χ2v) is 7.60. The van der Waals surface area contributed by atoms with Crippen molar-refractivity contribution >= 4 is 33.2 Å². The standard InChI is InChI=1S/C19H17BrN2O2S/c1-12(17(23)13-7-9-15(20)10-8-13)22-18(24)16-11-21-19(25-16)14-5-3-2-4-6-14/h2-12,17,23H,1H3,(H,22,24)/t12-,17+/m0/s1. The highest BCUT2D eigenvalue weighted by Gasteiger charge is 2.20. The Bertz CT molecular complexity index is 849. The Morgan fingerprint density at radius 2 is 1.84 bits per heavy atom. The van der Waals surface area contributed by atoms with Crippen LogP contribution in [-0.4, -0.2) is 22.0 Å². The number of halogens is 1. The van der Waals surface area contributed by atoms with Gasteiger partial charge in [0.05, 0.1) is 18.3 Å². The van der Waals surface area contributed by atoms with Gasteiger partial charge in [0.2, 0.25) is 0 Å². The normalized spacial score (nSPS) is 13.2. The molecule has 0 unspecified atom stereocenters. The van der Waals surface area contributed by atoms with Crippen LogP contribution in [0.3, 0.4) is 0 Å². The number of carbonyl (C=O) groups is 1. The minimum atomic E-state index is -0.779. The zero-order valence-electron chi connectivity index (χ0n) is 13.5. The highest BCUT2D eigenvalue weighted by molar-refractivity contribution is 9.10. The van der Waals surface area contributed by atoms with Crippen molar-refractivity contribution in [1.29, 1.82) is 0 Å². The van der Waals surface area contributed by atoms with E-state index in [4.69, 9.17) is 0 Å². The highest BCUT2D eigenvalue weighted by atomic mass is 79.9. The molecule has 3 aromatic rings. The van der Waals surface area contributed by atoms with Crippen LogP contribution in [0.2, 0.25) is 0 Å². The van der Waals surface area contributed by atoms with Crippen LogP contribution in [0.5, 0.6) is 0 Å². The van der Waals surface area contributed by atoms with Crippen molar-refractivity contribution in [3.63, 3.8) is 0 Å². The average molecular weight is 417 g/mol. The molecule has 0 aliphatic carbocycles. The summed E-state index contributed by atoms with van der Waals surface area (Å²) in [6.07, 6.45) is 0.791. The van der Waals surface area contributed by atoms with Crippen LogP contribution in [0.1, 0.15) is 28.3 Å². The number of hydrogen-bond acceptors (Lipinski definition) is 4. The number of amides is 1. The largest absolute Gasteiger partial charge is 0.386 e. The van der Waals surface area contributed by atoms with Gasteiger partial charge in [0.1, 0.15) is 9.88 Å². The van der Waals surface area contributed by atoms with Crippen LogP contribution >= 0.6 is 27.3 Å². The number of thiazole rings is 1. The molecule has 128 valence electrons. The molecular formula is C19H17BrN2O2S. The molecule has 0 aliphatic heterocycles. The minimum absolute atomic E-state index is 0.233. The molecule has 1 aromatic heterocycles. The fraction of sp³-hybridized carbons (Fsp3) is 0.158. The quantitative estimate of drug-likeness (QED) is 0.646. The lowest BCUT2D eigenvalue weighted by Gasteiger charge is -2.20. The zero-order chi connectivity index (χ0) is 17.8. The molecule has 0 radical (unpaired) electrons. The summed E-state index contributed by atoms with van der Waals surface area (Å²) < 4.78 is 0.943. The lowest BCUT2D eigenvalue weighted by atomic mass is 10.0. The first kappa shape index (κ1) is 17.8. The molecule has 2 aromatic carbocycles. The number of aliphatic hydroxyl groups is 1. The maximum Gasteiger partial charge on any atom is 0.263 e. The van der Waals surface area contributed by atoms with E-state index in [0.717, 1.165) is 20.6 Å². The lowest BCUT2D eigenvalue weighted by Crippen LogP contribution is -2.36. The molecule has 0 bridgehead atoms. The van der Waals surface area contributed by atoms with Gasteiger partial charge in [-0.3, -0.25) is 4.79 Å². The van der Waals surface area contributed by atoms with Gasteiger partial charge in [0.15, 0.2) is 0 Å². The van der Waals surface area contributed by atoms with Crippen molar-refractivity contribution in [2.24, 2.45) is 0 Å². The molecule has 1 heterocycles. The number of aliphatic hydroxyl groups excluding tert-OH is 1. The third-order valence-electron chi connectivity index (χ3n) is 3.79. The monoisotopic (exact) mass is 416 g/mol. The van der Waals surface area contributed by atoms with Crippen molar-refractivity contribution in [1.82, 2.24) is 10.3 Å². The molecule has 0 fully saturated rings. The van der Waals surface area contributed by atoms with E-state index in [9.17, 15) is 9.90 Å². The predicted molar refractivity (Wildman–Crippen MR) is 104 cm³/mol. The summed E-state index contributed by atoms with van der Waals surface area (Å²) in [5, 5.41) is 14.1. The molecule has 0 spiro atoms. The van der Waals surface area contributed by atoms with E-state index >= 15 is 0 Å². The number of hydrogen-bond donors (Lipinski definition) is 2. The molecule has 0 saturated carbocycles. The van der Waals surface area contributed by atoms with E-state index in [-0.39, 0.29) is 5.91 Å². The van der Waals surface area contributed by atoms with Crippen molar-refractivity contribution in [3.8, 4) is 10.6 Å². The van der Waals surface area contributed by atoms with Crippen molar-refractivity contribution in [2.45, 2.75) is 19.1 Å². The van der Waals surface area contributed by atoms with E-state index in [1.807, 2.05) is 54.6 Å². The summed E-state index contributed by atoms with van der Waals surface area (Å²) in [5.41, 5.74) is 1.74. The average Bonchev–Trinajstić information content (AvgIpc) is 3.13. The van der Waals surface area contributed by atoms with Crippen LogP contribution in [0, 0.1) is 0 Å². The van der Waals surface area contributed by atoms with Crippen molar-refractivity contribution < 1.29 is 9.90 Å². The Morgan fingerprint density at radius 1 is 1.16 bits per heavy atom. The molecular weight excluding hydrogens is 400 g/mol. The fourth-order valence-corrected chi connectivity index (χ4v) is 3.49. The molecule has 0 saturated heterocycles. The molecule has 1 amide bonds. The van der Waals surface area contributed by atoms with E-state index in [1.165, 1.54) is 11.3 Å². The maximum atomic E-state index is 12.4. The summed E-state index contributed by atoms with van der Waals surface area (Å²) in [7, 11) is 0. The van der Waals surface area contributed by atoms with Gasteiger partial charge in [-0.2, -0.15) is 0 Å². The number of carbonyl (C=O) groups excluding carboxylic acids is 1. The van der Waals surface area contributed by atoms with Gasteiger partial charge in [-0.15, -0.1) is 11.3 Å². The minimum Gasteiger partial charge on any atom is -0.386 e. The van der Waals surface area contributed by atoms with Crippen LogP contribution in [0.25, 0.3) is 10.6 Å². The third kappa shape index (κ3) is 4.34. The number of aromatic nitrogens is 1. The highest BCUT2D eigenvalue weighted by Crippen LogP contribution is 2.25. The summed E-state index contributed by atoms with van der Waals surface area (Å²) in [4.78, 5) is 17.3. The first-order valence-electron chi connectivity index (χ1n) is 7.80. The van der Waals surface area contributed by atoms with Gasteiger partial charge in [-0.1, -0.05) is 58.4 Å². The van der Waals surface area contributed by atoms with E-state index < -0.39 is 12.1 Å². The van der Waals surface area contributed by atoms with Crippen molar-refractivity contribution in [2.75, 3.05) is 0 Å². The predicted octanol–water partition coefficient (Wildman–Crippen LogP) is 4.42. The van der Waals surface area contributed by atoms with Gasteiger partial charge in [-0.05, 0) is 24.6 Å². The first-order chi connectivity index (χ1) is 12.0. The second kappa shape index (κ2) is 7.91. The number of nitrogens with zero attached hydrogens (tertiary/aromatic N) is 1. The first-order valence-corrected chi connectivity index (χ1v) is 9.41. The Balaban J connectivity index is 1.67. The zero-order valence-corrected chi connectivity index (χ0v) is 15.9. The Labute approximate surface area is 158 Å². The van der Waals surface area contributed by atoms with Crippen LogP contribution in [-0.2, 0) is 0 Å². The fourth-order valence-electron chi connectivity index (χ4n) is 2.40. The Morgan fingerprint density at radius 3 is 2.52 bits per heavy atom. The molecule has 2 N–H and O–H groups in total. The molecule has 25 heavy (non-hydrogen) atoms. The number of rotatable bonds is 5. The van der Waals surface area contributed by atoms with E-state index in [0.29, 0.717) is 4.88 Å². The second-order valence-electron chi connectivity index (χ2n) is 5.65. The maximum absolute atomic E-state index is 12.4. The molecule has 3 rings (SSSR count). The third-order valence-corrected chi connectivity index (χ3v) is 5.37. The summed E-state index contributed by atoms with van der Waals surface area (Å²) in [6, 6.07) is 16.7. The van der Waals surface area contributed by atoms with Crippen molar-refractivity contribution in [3.05, 3.63) is 75.7 Å². The number of nitrogens with one attached hydrogen (secondary N) is 1. The van der Waals surface area contributed by atoms with Crippen LogP contribution < -0.4 is 5.32 Å². The summed E-state index contributed by atoms with van der Waals surface area (Å²) in [5.74, 6) is -0.233. The van der Waals surface area contributed by atoms with Gasteiger partial charge in [0, 0.05) is 10.0 Å². The van der Waals surface area contributed by atoms with Gasteiger partial charge in [-0.25, -0.2) is 4.98 Å². The SMILES string of the molecule is C[C@H](NC(=O)c1cnc(-c2ccccc2)s1)[C@@H](O)c1ccc(Br)cc1. The van der Waals surface area contributed by atoms with E-state index in [2.05, 4.69) is 26.2 Å². The van der Waals surface area contributed by atoms with E-state index in [1.54, 1.807) is 13.1 Å². The summed E-state index contributed by atoms with van der Waals surface area (Å²) >= 11 is 4.70. The van der Waals surface area contributed by atoms with Crippen LogP contribution in [0.4, 0.5) is 0 Å². The Kier molecular flexibility index (Phi) is 5.63. The summed E-state index contributed by atoms with van der Waals surface area (Å²) in [6.45, 7) is 1.78. The molecule has 4 nitrogen and oxygen atoms in total. The van der Waals surface area contributed by atoms with Gasteiger partial charge in [0.25, 0.3) is 5.91 Å². The number of benzene rings is 2. The molecule has 0 aliphatic rings. The molecule has 6 heteroatoms. The van der Waals surface area contributed by atoms with Gasteiger partial charge < -0.3 is 10.4 Å². The Hall–Kier alpha value is -2.02. The lowest BCUT2D eigenvalue weighted by molar-refractivity contribution is 0.0855. The smallest absolute Gasteiger partial charge is 0.263 e. The van der Waals surface area contributed by atoms with Crippen LogP contribution in [0.15, 0.2) is 65.3 Å².